The lowest BCUT2D eigenvalue weighted by molar-refractivity contribution is -0.384. The van der Waals surface area contributed by atoms with Gasteiger partial charge in [0.15, 0.2) is 0 Å². The van der Waals surface area contributed by atoms with Crippen molar-refractivity contribution in [2.45, 2.75) is 13.0 Å². The Labute approximate surface area is 143 Å². The van der Waals surface area contributed by atoms with Crippen molar-refractivity contribution in [2.24, 2.45) is 0 Å². The Balaban J connectivity index is 1.67. The zero-order valence-electron chi connectivity index (χ0n) is 13.5. The van der Waals surface area contributed by atoms with Crippen molar-refractivity contribution in [3.63, 3.8) is 0 Å². The Hall–Kier alpha value is -3.48. The lowest BCUT2D eigenvalue weighted by Gasteiger charge is -2.09. The Kier molecular flexibility index (Phi) is 4.56. The standard InChI is InChI=1S/C18H16N4O3/c1-12(18-20-15-7-2-3-8-16(15)21-18)19-17(23)10-9-13-5-4-6-14(11-13)22(24)25/h2-12H,1H3,(H,19,23)(H,20,21)/b10-9+/t12-/m0/s1. The number of nitrogens with one attached hydrogen (secondary N) is 2. The molecule has 1 amide bonds. The number of para-hydroxylation sites is 2. The molecule has 126 valence electrons. The number of amides is 1. The number of hydrogen-bond donors (Lipinski definition) is 2. The molecule has 1 aromatic heterocycles. The molecule has 2 aromatic carbocycles. The molecule has 0 aliphatic heterocycles. The van der Waals surface area contributed by atoms with Crippen molar-refractivity contribution in [1.29, 1.82) is 0 Å². The molecular formula is C18H16N4O3. The number of carbonyl (C=O) groups is 1. The molecule has 3 aromatic rings. The van der Waals surface area contributed by atoms with Gasteiger partial charge in [0, 0.05) is 18.2 Å². The molecule has 0 unspecified atom stereocenters. The first-order valence-corrected chi connectivity index (χ1v) is 7.70. The summed E-state index contributed by atoms with van der Waals surface area (Å²) in [6.45, 7) is 1.83. The number of imidazole rings is 1. The molecule has 2 N–H and O–H groups in total. The Morgan fingerprint density at radius 2 is 2.08 bits per heavy atom. The normalized spacial score (nSPS) is 12.4. The van der Waals surface area contributed by atoms with E-state index < -0.39 is 4.92 Å². The highest BCUT2D eigenvalue weighted by atomic mass is 16.6. The van der Waals surface area contributed by atoms with Gasteiger partial charge in [0.05, 0.1) is 22.0 Å². The summed E-state index contributed by atoms with van der Waals surface area (Å²) in [5.41, 5.74) is 2.32. The second-order valence-corrected chi connectivity index (χ2v) is 5.55. The van der Waals surface area contributed by atoms with Crippen molar-refractivity contribution in [3.8, 4) is 0 Å². The van der Waals surface area contributed by atoms with Crippen LogP contribution >= 0.6 is 0 Å². The Morgan fingerprint density at radius 1 is 1.28 bits per heavy atom. The average molecular weight is 336 g/mol. The van der Waals surface area contributed by atoms with Crippen LogP contribution in [0.25, 0.3) is 17.1 Å². The van der Waals surface area contributed by atoms with Gasteiger partial charge in [-0.15, -0.1) is 0 Å². The third kappa shape index (κ3) is 3.89. The number of H-pyrrole nitrogens is 1. The monoisotopic (exact) mass is 336 g/mol. The average Bonchev–Trinajstić information content (AvgIpc) is 3.04. The summed E-state index contributed by atoms with van der Waals surface area (Å²) in [6.07, 6.45) is 2.88. The highest BCUT2D eigenvalue weighted by molar-refractivity contribution is 5.92. The van der Waals surface area contributed by atoms with E-state index in [9.17, 15) is 14.9 Å². The third-order valence-corrected chi connectivity index (χ3v) is 3.68. The highest BCUT2D eigenvalue weighted by Gasteiger charge is 2.12. The van der Waals surface area contributed by atoms with Crippen LogP contribution in [0.3, 0.4) is 0 Å². The topological polar surface area (TPSA) is 101 Å². The summed E-state index contributed by atoms with van der Waals surface area (Å²) >= 11 is 0. The number of rotatable bonds is 5. The van der Waals surface area contributed by atoms with Crippen LogP contribution in [-0.4, -0.2) is 20.8 Å². The molecule has 0 saturated heterocycles. The molecule has 0 fully saturated rings. The number of fused-ring (bicyclic) bond motifs is 1. The number of aromatic nitrogens is 2. The fraction of sp³-hybridized carbons (Fsp3) is 0.111. The summed E-state index contributed by atoms with van der Waals surface area (Å²) in [5, 5.41) is 13.6. The quantitative estimate of drug-likeness (QED) is 0.424. The van der Waals surface area contributed by atoms with Crippen LogP contribution in [-0.2, 0) is 4.79 Å². The maximum absolute atomic E-state index is 12.1. The number of nitro benzene ring substituents is 1. The van der Waals surface area contributed by atoms with Gasteiger partial charge in [0.2, 0.25) is 5.91 Å². The molecule has 0 radical (unpaired) electrons. The molecule has 0 spiro atoms. The zero-order chi connectivity index (χ0) is 17.8. The van der Waals surface area contributed by atoms with E-state index >= 15 is 0 Å². The van der Waals surface area contributed by atoms with Crippen molar-refractivity contribution in [1.82, 2.24) is 15.3 Å². The highest BCUT2D eigenvalue weighted by Crippen LogP contribution is 2.16. The van der Waals surface area contributed by atoms with Gasteiger partial charge in [-0.25, -0.2) is 4.98 Å². The van der Waals surface area contributed by atoms with Crippen LogP contribution in [0.2, 0.25) is 0 Å². The predicted octanol–water partition coefficient (Wildman–Crippen LogP) is 3.36. The van der Waals surface area contributed by atoms with Crippen LogP contribution < -0.4 is 5.32 Å². The second kappa shape index (κ2) is 6.96. The summed E-state index contributed by atoms with van der Waals surface area (Å²) in [7, 11) is 0. The lowest BCUT2D eigenvalue weighted by Crippen LogP contribution is -2.25. The summed E-state index contributed by atoms with van der Waals surface area (Å²) in [5.74, 6) is 0.359. The maximum Gasteiger partial charge on any atom is 0.270 e. The largest absolute Gasteiger partial charge is 0.343 e. The van der Waals surface area contributed by atoms with E-state index in [1.807, 2.05) is 31.2 Å². The van der Waals surface area contributed by atoms with Crippen molar-refractivity contribution >= 4 is 28.7 Å². The number of carbonyl (C=O) groups excluding carboxylic acids is 1. The van der Waals surface area contributed by atoms with E-state index in [2.05, 4.69) is 15.3 Å². The zero-order valence-corrected chi connectivity index (χ0v) is 13.5. The van der Waals surface area contributed by atoms with Gasteiger partial charge in [-0.1, -0.05) is 24.3 Å². The van der Waals surface area contributed by atoms with Gasteiger partial charge in [-0.2, -0.15) is 0 Å². The van der Waals surface area contributed by atoms with E-state index in [0.717, 1.165) is 11.0 Å². The molecule has 0 aliphatic carbocycles. The van der Waals surface area contributed by atoms with Crippen LogP contribution in [0.4, 0.5) is 5.69 Å². The minimum atomic E-state index is -0.471. The third-order valence-electron chi connectivity index (χ3n) is 3.68. The van der Waals surface area contributed by atoms with Crippen molar-refractivity contribution in [2.75, 3.05) is 0 Å². The molecule has 0 bridgehead atoms. The van der Waals surface area contributed by atoms with Crippen molar-refractivity contribution < 1.29 is 9.72 Å². The van der Waals surface area contributed by atoms with Gasteiger partial charge in [0.1, 0.15) is 5.82 Å². The minimum absolute atomic E-state index is 0.0156. The van der Waals surface area contributed by atoms with E-state index in [1.54, 1.807) is 12.1 Å². The molecule has 1 heterocycles. The Morgan fingerprint density at radius 3 is 2.84 bits per heavy atom. The van der Waals surface area contributed by atoms with Gasteiger partial charge < -0.3 is 10.3 Å². The van der Waals surface area contributed by atoms with Gasteiger partial charge in [-0.05, 0) is 30.7 Å². The molecule has 0 aliphatic rings. The molecular weight excluding hydrogens is 320 g/mol. The number of aromatic amines is 1. The first-order valence-electron chi connectivity index (χ1n) is 7.70. The summed E-state index contributed by atoms with van der Waals surface area (Å²) < 4.78 is 0. The molecule has 7 nitrogen and oxygen atoms in total. The first kappa shape index (κ1) is 16.4. The van der Waals surface area contributed by atoms with Crippen LogP contribution in [0, 0.1) is 10.1 Å². The Bertz CT molecular complexity index is 929. The SMILES string of the molecule is C[C@H](NC(=O)/C=C/c1cccc([N+](=O)[O-])c1)c1nc2ccccc2[nH]1. The fourth-order valence-electron chi connectivity index (χ4n) is 2.42. The van der Waals surface area contributed by atoms with E-state index in [-0.39, 0.29) is 17.6 Å². The lowest BCUT2D eigenvalue weighted by atomic mass is 10.2. The number of benzene rings is 2. The van der Waals surface area contributed by atoms with Crippen molar-refractivity contribution in [3.05, 3.63) is 76.1 Å². The van der Waals surface area contributed by atoms with Crippen LogP contribution in [0.15, 0.2) is 54.6 Å². The second-order valence-electron chi connectivity index (χ2n) is 5.55. The molecule has 0 saturated carbocycles. The van der Waals surface area contributed by atoms with Crippen LogP contribution in [0.1, 0.15) is 24.4 Å². The number of non-ortho nitro benzene ring substituents is 1. The number of nitro groups is 1. The van der Waals surface area contributed by atoms with E-state index in [1.165, 1.54) is 24.3 Å². The van der Waals surface area contributed by atoms with E-state index in [0.29, 0.717) is 11.4 Å². The van der Waals surface area contributed by atoms with E-state index in [4.69, 9.17) is 0 Å². The molecule has 25 heavy (non-hydrogen) atoms. The van der Waals surface area contributed by atoms with Gasteiger partial charge >= 0.3 is 0 Å². The number of hydrogen-bond acceptors (Lipinski definition) is 4. The fourth-order valence-corrected chi connectivity index (χ4v) is 2.42. The minimum Gasteiger partial charge on any atom is -0.343 e. The maximum atomic E-state index is 12.1. The molecule has 7 heteroatoms. The molecule has 3 rings (SSSR count). The van der Waals surface area contributed by atoms with Gasteiger partial charge in [0.25, 0.3) is 5.69 Å². The predicted molar refractivity (Wildman–Crippen MR) is 94.8 cm³/mol. The smallest absolute Gasteiger partial charge is 0.270 e. The van der Waals surface area contributed by atoms with Gasteiger partial charge in [-0.3, -0.25) is 14.9 Å². The first-order chi connectivity index (χ1) is 12.0. The van der Waals surface area contributed by atoms with Crippen LogP contribution in [0.5, 0.6) is 0 Å². The summed E-state index contributed by atoms with van der Waals surface area (Å²) in [6, 6.07) is 13.4. The molecule has 1 atom stereocenters. The summed E-state index contributed by atoms with van der Waals surface area (Å²) in [4.78, 5) is 30.0. The number of nitrogens with zero attached hydrogens (tertiary/aromatic N) is 2.